The first-order valence-corrected chi connectivity index (χ1v) is 6.13. The molecule has 0 fully saturated rings. The van der Waals surface area contributed by atoms with Crippen LogP contribution in [-0.4, -0.2) is 25.1 Å². The first-order valence-electron chi connectivity index (χ1n) is 6.13. The van der Waals surface area contributed by atoms with E-state index in [0.717, 1.165) is 41.8 Å². The summed E-state index contributed by atoms with van der Waals surface area (Å²) >= 11 is 0. The van der Waals surface area contributed by atoms with Gasteiger partial charge in [-0.25, -0.2) is 15.0 Å². The monoisotopic (exact) mass is 246 g/mol. The third-order valence-electron chi connectivity index (χ3n) is 2.47. The summed E-state index contributed by atoms with van der Waals surface area (Å²) in [5.41, 5.74) is 1.07. The van der Waals surface area contributed by atoms with Gasteiger partial charge in [0.1, 0.15) is 17.5 Å². The lowest BCUT2D eigenvalue weighted by atomic mass is 10.2. The molecule has 6 nitrogen and oxygen atoms in total. The Hall–Kier alpha value is -1.98. The SMILES string of the molecule is CCCc1cc(NCc2n[nH]c(C)n2)nc(C)n1. The summed E-state index contributed by atoms with van der Waals surface area (Å²) in [5, 5.41) is 10.1. The van der Waals surface area contributed by atoms with Crippen molar-refractivity contribution in [2.75, 3.05) is 5.32 Å². The van der Waals surface area contributed by atoms with Gasteiger partial charge in [0, 0.05) is 11.8 Å². The second kappa shape index (κ2) is 5.57. The van der Waals surface area contributed by atoms with Crippen LogP contribution in [0.2, 0.25) is 0 Å². The molecule has 0 aromatic carbocycles. The molecule has 0 bridgehead atoms. The number of aromatic nitrogens is 5. The fourth-order valence-corrected chi connectivity index (χ4v) is 1.74. The molecule has 0 aliphatic heterocycles. The molecule has 2 N–H and O–H groups in total. The predicted molar refractivity (Wildman–Crippen MR) is 69.2 cm³/mol. The smallest absolute Gasteiger partial charge is 0.169 e. The lowest BCUT2D eigenvalue weighted by Crippen LogP contribution is -2.06. The van der Waals surface area contributed by atoms with Crippen LogP contribution in [0.3, 0.4) is 0 Å². The number of H-pyrrole nitrogens is 1. The molecule has 0 aliphatic rings. The highest BCUT2D eigenvalue weighted by Gasteiger charge is 2.03. The maximum absolute atomic E-state index is 4.39. The first kappa shape index (κ1) is 12.5. The van der Waals surface area contributed by atoms with Crippen LogP contribution in [0.5, 0.6) is 0 Å². The summed E-state index contributed by atoms with van der Waals surface area (Å²) in [6.07, 6.45) is 2.05. The average Bonchev–Trinajstić information content (AvgIpc) is 2.72. The lowest BCUT2D eigenvalue weighted by molar-refractivity contribution is 0.853. The van der Waals surface area contributed by atoms with E-state index in [4.69, 9.17) is 0 Å². The van der Waals surface area contributed by atoms with E-state index in [2.05, 4.69) is 37.4 Å². The third kappa shape index (κ3) is 3.26. The number of anilines is 1. The van der Waals surface area contributed by atoms with Gasteiger partial charge in [-0.3, -0.25) is 5.10 Å². The fourth-order valence-electron chi connectivity index (χ4n) is 1.74. The molecule has 2 heterocycles. The van der Waals surface area contributed by atoms with Gasteiger partial charge in [0.25, 0.3) is 0 Å². The largest absolute Gasteiger partial charge is 0.363 e. The molecule has 0 radical (unpaired) electrons. The molecular formula is C12H18N6. The van der Waals surface area contributed by atoms with Crippen LogP contribution in [0.25, 0.3) is 0 Å². The zero-order valence-corrected chi connectivity index (χ0v) is 11.0. The Morgan fingerprint density at radius 1 is 1.22 bits per heavy atom. The molecule has 96 valence electrons. The van der Waals surface area contributed by atoms with Gasteiger partial charge < -0.3 is 5.32 Å². The zero-order chi connectivity index (χ0) is 13.0. The van der Waals surface area contributed by atoms with E-state index < -0.39 is 0 Å². The Morgan fingerprint density at radius 2 is 2.06 bits per heavy atom. The van der Waals surface area contributed by atoms with Gasteiger partial charge in [-0.1, -0.05) is 13.3 Å². The highest BCUT2D eigenvalue weighted by molar-refractivity contribution is 5.36. The van der Waals surface area contributed by atoms with Crippen molar-refractivity contribution in [2.45, 2.75) is 40.2 Å². The molecule has 2 rings (SSSR count). The van der Waals surface area contributed by atoms with E-state index in [1.54, 1.807) is 0 Å². The van der Waals surface area contributed by atoms with Crippen molar-refractivity contribution >= 4 is 5.82 Å². The molecule has 0 saturated carbocycles. The van der Waals surface area contributed by atoms with Crippen LogP contribution in [0.1, 0.15) is 36.5 Å². The highest BCUT2D eigenvalue weighted by atomic mass is 15.2. The van der Waals surface area contributed by atoms with Crippen LogP contribution in [0, 0.1) is 13.8 Å². The molecule has 18 heavy (non-hydrogen) atoms. The third-order valence-corrected chi connectivity index (χ3v) is 2.47. The molecule has 0 unspecified atom stereocenters. The predicted octanol–water partition coefficient (Wildman–Crippen LogP) is 1.78. The van der Waals surface area contributed by atoms with Gasteiger partial charge in [0.2, 0.25) is 0 Å². The van der Waals surface area contributed by atoms with Crippen LogP contribution in [0.15, 0.2) is 6.07 Å². The van der Waals surface area contributed by atoms with E-state index >= 15 is 0 Å². The quantitative estimate of drug-likeness (QED) is 0.840. The van der Waals surface area contributed by atoms with Crippen molar-refractivity contribution in [1.29, 1.82) is 0 Å². The number of aromatic amines is 1. The standard InChI is InChI=1S/C12H18N6/c1-4-5-10-6-11(15-8(2)14-10)13-7-12-16-9(3)17-18-12/h6H,4-5,7H2,1-3H3,(H,13,14,15)(H,16,17,18). The van der Waals surface area contributed by atoms with Crippen molar-refractivity contribution in [3.05, 3.63) is 29.2 Å². The van der Waals surface area contributed by atoms with E-state index in [1.165, 1.54) is 0 Å². The van der Waals surface area contributed by atoms with Crippen LogP contribution in [0.4, 0.5) is 5.82 Å². The number of nitrogens with one attached hydrogen (secondary N) is 2. The molecule has 0 spiro atoms. The Morgan fingerprint density at radius 3 is 2.72 bits per heavy atom. The fraction of sp³-hybridized carbons (Fsp3) is 0.500. The lowest BCUT2D eigenvalue weighted by Gasteiger charge is -2.06. The summed E-state index contributed by atoms with van der Waals surface area (Å²) in [5.74, 6) is 3.17. The van der Waals surface area contributed by atoms with Gasteiger partial charge in [0.15, 0.2) is 5.82 Å². The maximum Gasteiger partial charge on any atom is 0.169 e. The van der Waals surface area contributed by atoms with Crippen LogP contribution in [-0.2, 0) is 13.0 Å². The van der Waals surface area contributed by atoms with E-state index in [1.807, 2.05) is 19.9 Å². The molecule has 0 amide bonds. The molecule has 2 aromatic heterocycles. The van der Waals surface area contributed by atoms with Crippen molar-refractivity contribution < 1.29 is 0 Å². The second-order valence-electron chi connectivity index (χ2n) is 4.23. The van der Waals surface area contributed by atoms with Crippen LogP contribution >= 0.6 is 0 Å². The van der Waals surface area contributed by atoms with E-state index in [-0.39, 0.29) is 0 Å². The molecule has 0 aliphatic carbocycles. The van der Waals surface area contributed by atoms with Crippen LogP contribution < -0.4 is 5.32 Å². The van der Waals surface area contributed by atoms with E-state index in [0.29, 0.717) is 6.54 Å². The summed E-state index contributed by atoms with van der Waals surface area (Å²) < 4.78 is 0. The van der Waals surface area contributed by atoms with Crippen molar-refractivity contribution in [1.82, 2.24) is 25.1 Å². The minimum atomic E-state index is 0.562. The molecule has 6 heteroatoms. The Balaban J connectivity index is 2.04. The first-order chi connectivity index (χ1) is 8.67. The average molecular weight is 246 g/mol. The minimum absolute atomic E-state index is 0.562. The van der Waals surface area contributed by atoms with Gasteiger partial charge in [-0.05, 0) is 20.3 Å². The summed E-state index contributed by atoms with van der Waals surface area (Å²) in [6.45, 7) is 6.49. The second-order valence-corrected chi connectivity index (χ2v) is 4.23. The molecule has 0 atom stereocenters. The van der Waals surface area contributed by atoms with Crippen molar-refractivity contribution in [3.8, 4) is 0 Å². The Labute approximate surface area is 106 Å². The van der Waals surface area contributed by atoms with Gasteiger partial charge in [-0.15, -0.1) is 0 Å². The summed E-state index contributed by atoms with van der Waals surface area (Å²) in [7, 11) is 0. The topological polar surface area (TPSA) is 79.4 Å². The normalized spacial score (nSPS) is 10.6. The van der Waals surface area contributed by atoms with Gasteiger partial charge in [-0.2, -0.15) is 5.10 Å². The van der Waals surface area contributed by atoms with Gasteiger partial charge >= 0.3 is 0 Å². The van der Waals surface area contributed by atoms with E-state index in [9.17, 15) is 0 Å². The molecule has 2 aromatic rings. The number of nitrogens with zero attached hydrogens (tertiary/aromatic N) is 4. The summed E-state index contributed by atoms with van der Waals surface area (Å²) in [4.78, 5) is 13.0. The number of hydrogen-bond donors (Lipinski definition) is 2. The number of hydrogen-bond acceptors (Lipinski definition) is 5. The Kier molecular flexibility index (Phi) is 3.86. The Bertz CT molecular complexity index is 519. The number of aryl methyl sites for hydroxylation is 3. The van der Waals surface area contributed by atoms with Crippen molar-refractivity contribution in [3.63, 3.8) is 0 Å². The summed E-state index contributed by atoms with van der Waals surface area (Å²) in [6, 6.07) is 1.98. The van der Waals surface area contributed by atoms with Gasteiger partial charge in [0.05, 0.1) is 6.54 Å². The zero-order valence-electron chi connectivity index (χ0n) is 11.0. The highest BCUT2D eigenvalue weighted by Crippen LogP contribution is 2.09. The molecular weight excluding hydrogens is 228 g/mol. The molecule has 0 saturated heterocycles. The van der Waals surface area contributed by atoms with Crippen molar-refractivity contribution in [2.24, 2.45) is 0 Å². The minimum Gasteiger partial charge on any atom is -0.363 e. The maximum atomic E-state index is 4.39. The number of rotatable bonds is 5.